The number of allylic oxidation sites excluding steroid dienone is 3. The highest BCUT2D eigenvalue weighted by Gasteiger charge is 2.39. The zero-order valence-corrected chi connectivity index (χ0v) is 11.2. The molecule has 102 valence electrons. The van der Waals surface area contributed by atoms with E-state index in [2.05, 4.69) is 6.07 Å². The standard InChI is InChI=1S/C15H15N3O2/c1-18-10-4-2-5-11(19)14(10)13(9(8-16)15(18)17)12-6-3-7-20-12/h3,6-7,13H,2,4-5,17H2,1H3/t13-/m0/s1. The van der Waals surface area contributed by atoms with Gasteiger partial charge >= 0.3 is 0 Å². The van der Waals surface area contributed by atoms with E-state index in [0.29, 0.717) is 29.1 Å². The van der Waals surface area contributed by atoms with Gasteiger partial charge in [0.15, 0.2) is 5.78 Å². The van der Waals surface area contributed by atoms with Crippen LogP contribution in [0.15, 0.2) is 45.5 Å². The molecule has 0 fully saturated rings. The smallest absolute Gasteiger partial charge is 0.161 e. The van der Waals surface area contributed by atoms with Gasteiger partial charge in [0.2, 0.25) is 0 Å². The summed E-state index contributed by atoms with van der Waals surface area (Å²) < 4.78 is 5.44. The van der Waals surface area contributed by atoms with Gasteiger partial charge in [-0.3, -0.25) is 4.79 Å². The number of ketones is 1. The summed E-state index contributed by atoms with van der Waals surface area (Å²) in [6, 6.07) is 5.68. The van der Waals surface area contributed by atoms with E-state index in [-0.39, 0.29) is 5.78 Å². The molecule has 0 saturated carbocycles. The van der Waals surface area contributed by atoms with Crippen LogP contribution in [0, 0.1) is 11.3 Å². The molecule has 1 aliphatic carbocycles. The normalized spacial score (nSPS) is 22.9. The molecule has 2 N–H and O–H groups in total. The van der Waals surface area contributed by atoms with Crippen molar-refractivity contribution in [3.63, 3.8) is 0 Å². The zero-order chi connectivity index (χ0) is 14.3. The third kappa shape index (κ3) is 1.65. The molecule has 0 bridgehead atoms. The summed E-state index contributed by atoms with van der Waals surface area (Å²) in [6.07, 6.45) is 3.69. The summed E-state index contributed by atoms with van der Waals surface area (Å²) in [5.41, 5.74) is 8.05. The summed E-state index contributed by atoms with van der Waals surface area (Å²) in [7, 11) is 1.80. The van der Waals surface area contributed by atoms with Crippen LogP contribution in [0.5, 0.6) is 0 Å². The van der Waals surface area contributed by atoms with Crippen molar-refractivity contribution < 1.29 is 9.21 Å². The van der Waals surface area contributed by atoms with E-state index in [1.165, 1.54) is 0 Å². The number of nitrogens with zero attached hydrogens (tertiary/aromatic N) is 2. The molecule has 2 aliphatic rings. The van der Waals surface area contributed by atoms with E-state index in [1.54, 1.807) is 30.3 Å². The second kappa shape index (κ2) is 4.57. The van der Waals surface area contributed by atoms with Gasteiger partial charge in [0.25, 0.3) is 0 Å². The van der Waals surface area contributed by atoms with E-state index in [1.807, 2.05) is 0 Å². The van der Waals surface area contributed by atoms with E-state index in [9.17, 15) is 10.1 Å². The highest BCUT2D eigenvalue weighted by Crippen LogP contribution is 2.43. The first-order chi connectivity index (χ1) is 9.65. The van der Waals surface area contributed by atoms with Crippen LogP contribution in [0.2, 0.25) is 0 Å². The summed E-state index contributed by atoms with van der Waals surface area (Å²) >= 11 is 0. The number of Topliss-reactive ketones (excluding diaryl/α,β-unsaturated/α-hetero) is 1. The summed E-state index contributed by atoms with van der Waals surface area (Å²) in [4.78, 5) is 14.1. The van der Waals surface area contributed by atoms with Crippen molar-refractivity contribution in [3.05, 3.63) is 46.8 Å². The van der Waals surface area contributed by atoms with E-state index < -0.39 is 5.92 Å². The lowest BCUT2D eigenvalue weighted by atomic mass is 9.78. The molecule has 3 rings (SSSR count). The molecular formula is C15H15N3O2. The molecule has 1 aromatic rings. The van der Waals surface area contributed by atoms with Gasteiger partial charge in [-0.15, -0.1) is 0 Å². The van der Waals surface area contributed by atoms with Gasteiger partial charge in [0.1, 0.15) is 11.6 Å². The lowest BCUT2D eigenvalue weighted by molar-refractivity contribution is -0.116. The van der Waals surface area contributed by atoms with Gasteiger partial charge in [-0.2, -0.15) is 5.26 Å². The predicted molar refractivity (Wildman–Crippen MR) is 71.9 cm³/mol. The second-order valence-electron chi connectivity index (χ2n) is 5.06. The molecule has 0 radical (unpaired) electrons. The van der Waals surface area contributed by atoms with Crippen LogP contribution in [0.1, 0.15) is 30.9 Å². The fourth-order valence-corrected chi connectivity index (χ4v) is 3.00. The number of rotatable bonds is 1. The minimum Gasteiger partial charge on any atom is -0.468 e. The maximum Gasteiger partial charge on any atom is 0.161 e. The highest BCUT2D eigenvalue weighted by molar-refractivity contribution is 5.99. The molecule has 1 aromatic heterocycles. The van der Waals surface area contributed by atoms with Crippen molar-refractivity contribution in [1.29, 1.82) is 5.26 Å². The van der Waals surface area contributed by atoms with Crippen molar-refractivity contribution in [1.82, 2.24) is 4.90 Å². The highest BCUT2D eigenvalue weighted by atomic mass is 16.3. The van der Waals surface area contributed by atoms with Crippen LogP contribution in [0.3, 0.4) is 0 Å². The fourth-order valence-electron chi connectivity index (χ4n) is 3.00. The lowest BCUT2D eigenvalue weighted by Crippen LogP contribution is -2.36. The van der Waals surface area contributed by atoms with Crippen LogP contribution >= 0.6 is 0 Å². The van der Waals surface area contributed by atoms with Crippen molar-refractivity contribution in [2.45, 2.75) is 25.2 Å². The number of furan rings is 1. The van der Waals surface area contributed by atoms with Crippen molar-refractivity contribution in [2.24, 2.45) is 5.73 Å². The Hall–Kier alpha value is -2.48. The lowest BCUT2D eigenvalue weighted by Gasteiger charge is -2.36. The Morgan fingerprint density at radius 1 is 1.50 bits per heavy atom. The average molecular weight is 269 g/mol. The van der Waals surface area contributed by atoms with E-state index >= 15 is 0 Å². The molecule has 0 spiro atoms. The molecule has 1 aliphatic heterocycles. The predicted octanol–water partition coefficient (Wildman–Crippen LogP) is 2.01. The van der Waals surface area contributed by atoms with Crippen LogP contribution in [-0.4, -0.2) is 17.7 Å². The maximum atomic E-state index is 12.3. The van der Waals surface area contributed by atoms with Gasteiger partial charge in [-0.1, -0.05) is 0 Å². The van der Waals surface area contributed by atoms with Crippen LogP contribution < -0.4 is 5.73 Å². The third-order valence-electron chi connectivity index (χ3n) is 4.00. The first kappa shape index (κ1) is 12.5. The monoisotopic (exact) mass is 269 g/mol. The number of carbonyl (C=O) groups is 1. The fraction of sp³-hybridized carbons (Fsp3) is 0.333. The minimum atomic E-state index is -0.464. The first-order valence-electron chi connectivity index (χ1n) is 6.58. The van der Waals surface area contributed by atoms with Gasteiger partial charge in [0, 0.05) is 24.7 Å². The first-order valence-corrected chi connectivity index (χ1v) is 6.58. The molecule has 5 nitrogen and oxygen atoms in total. The Morgan fingerprint density at radius 3 is 2.95 bits per heavy atom. The molecule has 0 saturated heterocycles. The number of carbonyl (C=O) groups excluding carboxylic acids is 1. The zero-order valence-electron chi connectivity index (χ0n) is 11.2. The quantitative estimate of drug-likeness (QED) is 0.843. The Bertz CT molecular complexity index is 662. The third-order valence-corrected chi connectivity index (χ3v) is 4.00. The molecule has 0 aromatic carbocycles. The molecule has 0 amide bonds. The molecule has 20 heavy (non-hydrogen) atoms. The number of nitrogens with two attached hydrogens (primary N) is 1. The van der Waals surface area contributed by atoms with Crippen LogP contribution in [0.25, 0.3) is 0 Å². The average Bonchev–Trinajstić information content (AvgIpc) is 2.96. The number of hydrogen-bond donors (Lipinski definition) is 1. The SMILES string of the molecule is CN1C(N)=C(C#N)[C@@H](c2ccco2)C2=C1CCCC2=O. The largest absolute Gasteiger partial charge is 0.468 e. The van der Waals surface area contributed by atoms with E-state index in [0.717, 1.165) is 18.5 Å². The Balaban J connectivity index is 2.23. The topological polar surface area (TPSA) is 83.3 Å². The van der Waals surface area contributed by atoms with Crippen LogP contribution in [0.4, 0.5) is 0 Å². The van der Waals surface area contributed by atoms with Gasteiger partial charge in [-0.25, -0.2) is 0 Å². The summed E-state index contributed by atoms with van der Waals surface area (Å²) in [5, 5.41) is 9.43. The minimum absolute atomic E-state index is 0.0831. The summed E-state index contributed by atoms with van der Waals surface area (Å²) in [6.45, 7) is 0. The number of nitriles is 1. The maximum absolute atomic E-state index is 12.3. The van der Waals surface area contributed by atoms with Gasteiger partial charge < -0.3 is 15.1 Å². The van der Waals surface area contributed by atoms with E-state index in [4.69, 9.17) is 10.2 Å². The molecule has 5 heteroatoms. The Labute approximate surface area is 117 Å². The second-order valence-corrected chi connectivity index (χ2v) is 5.06. The van der Waals surface area contributed by atoms with Gasteiger partial charge in [0.05, 0.1) is 23.8 Å². The van der Waals surface area contributed by atoms with Crippen molar-refractivity contribution >= 4 is 5.78 Å². The van der Waals surface area contributed by atoms with Gasteiger partial charge in [-0.05, 0) is 25.0 Å². The Morgan fingerprint density at radius 2 is 2.30 bits per heavy atom. The molecule has 0 unspecified atom stereocenters. The van der Waals surface area contributed by atoms with Crippen molar-refractivity contribution in [2.75, 3.05) is 7.05 Å². The summed E-state index contributed by atoms with van der Waals surface area (Å²) in [5.74, 6) is 0.622. The van der Waals surface area contributed by atoms with Crippen molar-refractivity contribution in [3.8, 4) is 6.07 Å². The molecular weight excluding hydrogens is 254 g/mol. The van der Waals surface area contributed by atoms with Crippen LogP contribution in [-0.2, 0) is 4.79 Å². The molecule has 1 atom stereocenters. The number of hydrogen-bond acceptors (Lipinski definition) is 5. The Kier molecular flexibility index (Phi) is 2.87. The molecule has 2 heterocycles.